The van der Waals surface area contributed by atoms with Gasteiger partial charge in [0.1, 0.15) is 0 Å². The summed E-state index contributed by atoms with van der Waals surface area (Å²) in [4.78, 5) is 22.8. The standard InChI is InChI=1S/C7H5NO2S.Rf/c1-3-5-4(2-11-3)6(9)8-7(5)10;/h2H,1H3,(H,8,9,10);/p-1. The van der Waals surface area contributed by atoms with E-state index in [4.69, 9.17) is 0 Å². The molecule has 0 saturated carbocycles. The molecule has 0 bridgehead atoms. The maximum Gasteiger partial charge on any atom is 0.0894 e. The van der Waals surface area contributed by atoms with Crippen LogP contribution in [0.25, 0.3) is 5.32 Å². The number of carbonyl (C=O) groups excluding carboxylic acids is 2. The summed E-state index contributed by atoms with van der Waals surface area (Å²) in [6.07, 6.45) is 0. The van der Waals surface area contributed by atoms with Gasteiger partial charge in [-0.2, -0.15) is 0 Å². The molecule has 12 heavy (non-hydrogen) atoms. The molecule has 2 heterocycles. The number of aryl methyl sites for hydroxylation is 1. The van der Waals surface area contributed by atoms with Gasteiger partial charge in [0.05, 0.1) is 11.8 Å². The zero-order valence-electron chi connectivity index (χ0n) is 6.46. The molecule has 0 atom stereocenters. The second kappa shape index (κ2) is 2.17. The second-order valence-corrected chi connectivity index (χ2v) is 3.39. The van der Waals surface area contributed by atoms with Crippen LogP contribution >= 0.6 is 11.3 Å². The Morgan fingerprint density at radius 2 is 2.00 bits per heavy atom. The molecule has 0 aliphatic carbocycles. The van der Waals surface area contributed by atoms with Crippen LogP contribution in [-0.4, -0.2) is 11.8 Å². The van der Waals surface area contributed by atoms with Gasteiger partial charge < -0.3 is 14.9 Å². The molecule has 0 aromatic carbocycles. The van der Waals surface area contributed by atoms with E-state index < -0.39 is 5.91 Å². The second-order valence-electron chi connectivity index (χ2n) is 2.30. The Morgan fingerprint density at radius 3 is 2.58 bits per heavy atom. The molecular formula is C7H4NO2RfS-. The number of hydrogen-bond donors (Lipinski definition) is 0. The largest absolute Gasteiger partial charge is 0.587 e. The fraction of sp³-hybridized carbons (Fsp3) is 0.143. The molecule has 0 saturated heterocycles. The monoisotopic (exact) mass is 433 g/mol. The summed E-state index contributed by atoms with van der Waals surface area (Å²) in [7, 11) is 0. The van der Waals surface area contributed by atoms with Crippen molar-refractivity contribution in [3.05, 3.63) is 26.7 Å². The van der Waals surface area contributed by atoms with Gasteiger partial charge in [-0.05, 0) is 6.92 Å². The Morgan fingerprint density at radius 1 is 1.33 bits per heavy atom. The first-order valence-electron chi connectivity index (χ1n) is 3.08. The summed E-state index contributed by atoms with van der Waals surface area (Å²) in [6, 6.07) is 0. The summed E-state index contributed by atoms with van der Waals surface area (Å²) in [6.45, 7) is 1.82. The molecule has 5 heteroatoms. The van der Waals surface area contributed by atoms with E-state index in [2.05, 4.69) is 5.32 Å². The van der Waals surface area contributed by atoms with Crippen molar-refractivity contribution in [1.29, 1.82) is 0 Å². The number of rotatable bonds is 0. The van der Waals surface area contributed by atoms with Gasteiger partial charge in [0, 0.05) is 21.4 Å². The van der Waals surface area contributed by atoms with Crippen LogP contribution in [0.15, 0.2) is 5.38 Å². The number of hydrogen-bond acceptors (Lipinski definition) is 3. The molecule has 0 spiro atoms. The predicted octanol–water partition coefficient (Wildman–Crippen LogP) is 1.72. The van der Waals surface area contributed by atoms with E-state index >= 15 is 0 Å². The Hall–Kier alpha value is -2.16. The van der Waals surface area contributed by atoms with E-state index in [0.29, 0.717) is 11.1 Å². The van der Waals surface area contributed by atoms with Gasteiger partial charge in [-0.1, -0.05) is 0 Å². The summed E-state index contributed by atoms with van der Waals surface area (Å²) >= 11 is 1.41. The molecule has 0 fully saturated rings. The molecule has 0 N–H and O–H groups in total. The first-order valence-corrected chi connectivity index (χ1v) is 3.96. The van der Waals surface area contributed by atoms with Gasteiger partial charge >= 0.3 is 0 Å². The predicted molar refractivity (Wildman–Crippen MR) is 41.1 cm³/mol. The minimum atomic E-state index is -0.394. The Balaban J connectivity index is 0.000000720. The van der Waals surface area contributed by atoms with E-state index in [0.717, 1.165) is 4.88 Å². The maximum absolute atomic E-state index is 11.0. The van der Waals surface area contributed by atoms with Gasteiger partial charge in [0.15, 0.2) is 0 Å². The Labute approximate surface area is 67.0 Å². The van der Waals surface area contributed by atoms with Crippen molar-refractivity contribution in [2.24, 2.45) is 0 Å². The third-order valence-corrected chi connectivity index (χ3v) is 2.53. The third-order valence-electron chi connectivity index (χ3n) is 1.62. The van der Waals surface area contributed by atoms with E-state index in [1.165, 1.54) is 11.3 Å². The number of fused-ring (bicyclic) bond motifs is 1. The molecule has 1 aromatic rings. The van der Waals surface area contributed by atoms with Gasteiger partial charge in [0.2, 0.25) is 0 Å². The zero-order chi connectivity index (χ0) is 8.01. The minimum Gasteiger partial charge on any atom is -0.587 e. The van der Waals surface area contributed by atoms with Crippen molar-refractivity contribution in [2.45, 2.75) is 6.92 Å². The van der Waals surface area contributed by atoms with E-state index in [-0.39, 0.29) is 5.91 Å². The summed E-state index contributed by atoms with van der Waals surface area (Å²) in [5.74, 6) is -0.780. The number of carbonyl (C=O) groups is 2. The normalized spacial score (nSPS) is 13.8. The quantitative estimate of drug-likeness (QED) is 0.586. The average Bonchev–Trinajstić information content (AvgIpc) is 2.41. The van der Waals surface area contributed by atoms with Crippen molar-refractivity contribution >= 4 is 23.2 Å². The molecule has 3 nitrogen and oxygen atoms in total. The fourth-order valence-electron chi connectivity index (χ4n) is 1.09. The van der Waals surface area contributed by atoms with Crippen LogP contribution < -0.4 is 0 Å². The molecule has 2 amide bonds. The summed E-state index contributed by atoms with van der Waals surface area (Å²) < 4.78 is 0. The SMILES string of the molecule is Cc1scc2c1C(=O)[N-]C2=O.[Rf]. The fourth-order valence-corrected chi connectivity index (χ4v) is 1.91. The van der Waals surface area contributed by atoms with Crippen LogP contribution in [0.3, 0.4) is 0 Å². The molecule has 1 aliphatic heterocycles. The molecule has 2 rings (SSSR count). The van der Waals surface area contributed by atoms with Crippen LogP contribution in [0.2, 0.25) is 0 Å². The van der Waals surface area contributed by atoms with Crippen molar-refractivity contribution < 1.29 is 9.59 Å². The zero-order valence-corrected chi connectivity index (χ0v) is 13.7. The number of amides is 2. The average molecular weight is 433 g/mol. The Bertz CT molecular complexity index is 358. The smallest absolute Gasteiger partial charge is 0.0894 e. The van der Waals surface area contributed by atoms with Crippen molar-refractivity contribution in [1.82, 2.24) is 0 Å². The third kappa shape index (κ3) is 0.703. The summed E-state index contributed by atoms with van der Waals surface area (Å²) in [5, 5.41) is 4.99. The molecule has 0 unspecified atom stereocenters. The molecule has 1 aliphatic rings. The summed E-state index contributed by atoms with van der Waals surface area (Å²) in [5.41, 5.74) is 0.970. The first kappa shape index (κ1) is 7.94. The van der Waals surface area contributed by atoms with E-state index in [1.54, 1.807) is 5.38 Å². The molecule has 0 radical (unpaired) electrons. The minimum absolute atomic E-state index is 0. The number of thiophene rings is 1. The van der Waals surface area contributed by atoms with Crippen LogP contribution in [0.4, 0.5) is 0 Å². The van der Waals surface area contributed by atoms with Crippen LogP contribution in [-0.2, 0) is 0 Å². The van der Waals surface area contributed by atoms with Crippen molar-refractivity contribution in [3.8, 4) is 0 Å². The van der Waals surface area contributed by atoms with Crippen molar-refractivity contribution in [2.75, 3.05) is 0 Å². The van der Waals surface area contributed by atoms with Gasteiger partial charge in [0.25, 0.3) is 0 Å². The van der Waals surface area contributed by atoms with Crippen LogP contribution in [0, 0.1) is 6.92 Å². The van der Waals surface area contributed by atoms with Gasteiger partial charge in [-0.3, -0.25) is 0 Å². The number of nitrogens with zero attached hydrogens (tertiary/aromatic N) is 1. The number of imide groups is 1. The van der Waals surface area contributed by atoms with E-state index in [9.17, 15) is 9.59 Å². The molecular weight excluding hydrogens is 429 g/mol. The first-order chi connectivity index (χ1) is 5.20. The molecule has 58 valence electrons. The molecule has 1 aromatic heterocycles. The topological polar surface area (TPSA) is 48.2 Å². The van der Waals surface area contributed by atoms with Crippen molar-refractivity contribution in [3.63, 3.8) is 0 Å². The Kier molecular flexibility index (Phi) is 1.43. The van der Waals surface area contributed by atoms with Gasteiger partial charge in [-0.25, -0.2) is 0 Å². The maximum atomic E-state index is 11.0. The van der Waals surface area contributed by atoms with Crippen LogP contribution in [0.1, 0.15) is 25.6 Å². The van der Waals surface area contributed by atoms with Crippen LogP contribution in [0.5, 0.6) is 0 Å². The van der Waals surface area contributed by atoms with E-state index in [1.807, 2.05) is 6.92 Å². The van der Waals surface area contributed by atoms with Gasteiger partial charge in [-0.15, -0.1) is 11.3 Å².